The minimum Gasteiger partial charge on any atom is -0.387 e. The number of carbonyl (C=O) groups is 1. The van der Waals surface area contributed by atoms with Gasteiger partial charge in [-0.05, 0) is 5.56 Å². The highest BCUT2D eigenvalue weighted by atomic mass is 16.3. The van der Waals surface area contributed by atoms with Crippen molar-refractivity contribution < 1.29 is 9.90 Å². The number of hydrogen-bond donors (Lipinski definition) is 2. The molecule has 1 aliphatic rings. The fourth-order valence-corrected chi connectivity index (χ4v) is 2.42. The molecule has 20 heavy (non-hydrogen) atoms. The Morgan fingerprint density at radius 2 is 1.75 bits per heavy atom. The molecule has 1 heterocycles. The predicted octanol–water partition coefficient (Wildman–Crippen LogP) is -0.0873. The molecule has 1 fully saturated rings. The van der Waals surface area contributed by atoms with Crippen molar-refractivity contribution in [3.05, 3.63) is 35.9 Å². The Labute approximate surface area is 120 Å². The Morgan fingerprint density at radius 3 is 2.40 bits per heavy atom. The molecule has 1 aromatic rings. The average Bonchev–Trinajstić information content (AvgIpc) is 2.50. The molecular formula is C15H23N3O2. The van der Waals surface area contributed by atoms with Crippen LogP contribution < -0.4 is 5.32 Å². The van der Waals surface area contributed by atoms with Crippen molar-refractivity contribution in [3.63, 3.8) is 0 Å². The molecule has 110 valence electrons. The molecule has 2 rings (SSSR count). The van der Waals surface area contributed by atoms with Gasteiger partial charge in [-0.1, -0.05) is 30.3 Å². The lowest BCUT2D eigenvalue weighted by Gasteiger charge is -2.34. The molecule has 5 nitrogen and oxygen atoms in total. The molecule has 5 heteroatoms. The third kappa shape index (κ3) is 4.92. The van der Waals surface area contributed by atoms with Gasteiger partial charge in [-0.15, -0.1) is 0 Å². The molecule has 0 aliphatic carbocycles. The summed E-state index contributed by atoms with van der Waals surface area (Å²) in [6.45, 7) is 6.22. The van der Waals surface area contributed by atoms with Crippen LogP contribution in [0, 0.1) is 0 Å². The Balaban J connectivity index is 1.64. The van der Waals surface area contributed by atoms with Gasteiger partial charge in [-0.25, -0.2) is 0 Å². The summed E-state index contributed by atoms with van der Waals surface area (Å²) in [6.07, 6.45) is 0. The lowest BCUT2D eigenvalue weighted by Crippen LogP contribution is -2.48. The Kier molecular flexibility index (Phi) is 5.98. The number of benzene rings is 1. The molecule has 1 amide bonds. The van der Waals surface area contributed by atoms with Gasteiger partial charge in [0.1, 0.15) is 6.61 Å². The van der Waals surface area contributed by atoms with Crippen molar-refractivity contribution in [2.24, 2.45) is 0 Å². The molecule has 0 aromatic heterocycles. The number of carbonyl (C=O) groups excluding carboxylic acids is 1. The second-order valence-electron chi connectivity index (χ2n) is 5.11. The molecule has 0 atom stereocenters. The topological polar surface area (TPSA) is 55.8 Å². The number of hydrogen-bond acceptors (Lipinski definition) is 4. The van der Waals surface area contributed by atoms with Crippen LogP contribution in [0.2, 0.25) is 0 Å². The van der Waals surface area contributed by atoms with Crippen molar-refractivity contribution in [3.8, 4) is 0 Å². The summed E-state index contributed by atoms with van der Waals surface area (Å²) in [7, 11) is 0. The predicted molar refractivity (Wildman–Crippen MR) is 78.3 cm³/mol. The number of aliphatic hydroxyl groups is 1. The van der Waals surface area contributed by atoms with Gasteiger partial charge in [0.15, 0.2) is 0 Å². The standard InChI is InChI=1S/C15H23N3O2/c19-13-15(20)16-6-7-17-8-10-18(11-9-17)12-14-4-2-1-3-5-14/h1-5,19H,6-13H2,(H,16,20). The summed E-state index contributed by atoms with van der Waals surface area (Å²) in [5, 5.41) is 11.3. The van der Waals surface area contributed by atoms with Gasteiger partial charge in [-0.3, -0.25) is 14.6 Å². The first-order valence-electron chi connectivity index (χ1n) is 7.14. The summed E-state index contributed by atoms with van der Waals surface area (Å²) < 4.78 is 0. The van der Waals surface area contributed by atoms with Gasteiger partial charge in [0, 0.05) is 45.8 Å². The largest absolute Gasteiger partial charge is 0.387 e. The third-order valence-electron chi connectivity index (χ3n) is 3.61. The highest BCUT2D eigenvalue weighted by Crippen LogP contribution is 2.07. The van der Waals surface area contributed by atoms with Crippen LogP contribution in [-0.4, -0.2) is 66.7 Å². The first-order chi connectivity index (χ1) is 9.78. The zero-order valence-corrected chi connectivity index (χ0v) is 11.8. The first-order valence-corrected chi connectivity index (χ1v) is 7.14. The second-order valence-corrected chi connectivity index (χ2v) is 5.11. The summed E-state index contributed by atoms with van der Waals surface area (Å²) in [5.41, 5.74) is 1.36. The van der Waals surface area contributed by atoms with Crippen LogP contribution in [0.4, 0.5) is 0 Å². The zero-order valence-electron chi connectivity index (χ0n) is 11.8. The van der Waals surface area contributed by atoms with Crippen molar-refractivity contribution in [1.82, 2.24) is 15.1 Å². The number of amides is 1. The van der Waals surface area contributed by atoms with E-state index in [2.05, 4.69) is 39.4 Å². The van der Waals surface area contributed by atoms with E-state index in [0.29, 0.717) is 6.54 Å². The van der Waals surface area contributed by atoms with Crippen molar-refractivity contribution in [1.29, 1.82) is 0 Å². The number of nitrogens with one attached hydrogen (secondary N) is 1. The molecule has 1 aromatic carbocycles. The van der Waals surface area contributed by atoms with Crippen molar-refractivity contribution >= 4 is 5.91 Å². The van der Waals surface area contributed by atoms with Crippen molar-refractivity contribution in [2.45, 2.75) is 6.54 Å². The maximum atomic E-state index is 10.9. The van der Waals surface area contributed by atoms with Crippen LogP contribution in [0.5, 0.6) is 0 Å². The first kappa shape index (κ1) is 15.0. The zero-order chi connectivity index (χ0) is 14.2. The van der Waals surface area contributed by atoms with E-state index in [9.17, 15) is 4.79 Å². The molecule has 0 bridgehead atoms. The highest BCUT2D eigenvalue weighted by Gasteiger charge is 2.16. The molecule has 0 unspecified atom stereocenters. The van der Waals surface area contributed by atoms with Crippen LogP contribution >= 0.6 is 0 Å². The van der Waals surface area contributed by atoms with Crippen LogP contribution in [0.3, 0.4) is 0 Å². The Hall–Kier alpha value is -1.43. The van der Waals surface area contributed by atoms with Gasteiger partial charge in [0.25, 0.3) is 0 Å². The van der Waals surface area contributed by atoms with E-state index in [1.807, 2.05) is 6.07 Å². The summed E-state index contributed by atoms with van der Waals surface area (Å²) in [6, 6.07) is 10.5. The number of aliphatic hydroxyl groups excluding tert-OH is 1. The Morgan fingerprint density at radius 1 is 1.10 bits per heavy atom. The van der Waals surface area contributed by atoms with Gasteiger partial charge in [0.05, 0.1) is 0 Å². The minimum atomic E-state index is -0.426. The quantitative estimate of drug-likeness (QED) is 0.763. The van der Waals surface area contributed by atoms with E-state index in [0.717, 1.165) is 39.3 Å². The van der Waals surface area contributed by atoms with Gasteiger partial charge in [-0.2, -0.15) is 0 Å². The molecule has 1 aliphatic heterocycles. The number of rotatable bonds is 6. The number of piperazine rings is 1. The maximum absolute atomic E-state index is 10.9. The normalized spacial score (nSPS) is 17.1. The summed E-state index contributed by atoms with van der Waals surface area (Å²) in [5.74, 6) is -0.298. The fraction of sp³-hybridized carbons (Fsp3) is 0.533. The van der Waals surface area contributed by atoms with E-state index >= 15 is 0 Å². The Bertz CT molecular complexity index is 403. The molecule has 0 radical (unpaired) electrons. The van der Waals surface area contributed by atoms with Gasteiger partial charge >= 0.3 is 0 Å². The van der Waals surface area contributed by atoms with Crippen LogP contribution in [0.15, 0.2) is 30.3 Å². The molecule has 0 saturated carbocycles. The fourth-order valence-electron chi connectivity index (χ4n) is 2.42. The maximum Gasteiger partial charge on any atom is 0.245 e. The lowest BCUT2D eigenvalue weighted by molar-refractivity contribution is -0.123. The molecular weight excluding hydrogens is 254 g/mol. The molecule has 2 N–H and O–H groups in total. The van der Waals surface area contributed by atoms with E-state index in [1.54, 1.807) is 0 Å². The van der Waals surface area contributed by atoms with E-state index in [4.69, 9.17) is 5.11 Å². The van der Waals surface area contributed by atoms with E-state index < -0.39 is 6.61 Å². The van der Waals surface area contributed by atoms with Crippen molar-refractivity contribution in [2.75, 3.05) is 45.9 Å². The van der Waals surface area contributed by atoms with Gasteiger partial charge < -0.3 is 10.4 Å². The van der Waals surface area contributed by atoms with E-state index in [-0.39, 0.29) is 5.91 Å². The summed E-state index contributed by atoms with van der Waals surface area (Å²) >= 11 is 0. The molecule has 0 spiro atoms. The lowest BCUT2D eigenvalue weighted by atomic mass is 10.2. The smallest absolute Gasteiger partial charge is 0.245 e. The van der Waals surface area contributed by atoms with Gasteiger partial charge in [0.2, 0.25) is 5.91 Å². The van der Waals surface area contributed by atoms with Crippen LogP contribution in [0.25, 0.3) is 0 Å². The molecule has 1 saturated heterocycles. The highest BCUT2D eigenvalue weighted by molar-refractivity contribution is 5.76. The summed E-state index contributed by atoms with van der Waals surface area (Å²) in [4.78, 5) is 15.7. The van der Waals surface area contributed by atoms with E-state index in [1.165, 1.54) is 5.56 Å². The SMILES string of the molecule is O=C(CO)NCCN1CCN(Cc2ccccc2)CC1. The number of nitrogens with zero attached hydrogens (tertiary/aromatic N) is 2. The monoisotopic (exact) mass is 277 g/mol. The van der Waals surface area contributed by atoms with Crippen LogP contribution in [0.1, 0.15) is 5.56 Å². The third-order valence-corrected chi connectivity index (χ3v) is 3.61. The second kappa shape index (κ2) is 7.99. The average molecular weight is 277 g/mol. The minimum absolute atomic E-state index is 0.298. The van der Waals surface area contributed by atoms with Crippen LogP contribution in [-0.2, 0) is 11.3 Å².